The van der Waals surface area contributed by atoms with Gasteiger partial charge in [-0.05, 0) is 25.3 Å². The van der Waals surface area contributed by atoms with Crippen molar-refractivity contribution in [3.05, 3.63) is 36.5 Å². The van der Waals surface area contributed by atoms with E-state index in [1.54, 1.807) is 11.8 Å². The zero-order valence-electron chi connectivity index (χ0n) is 12.8. The van der Waals surface area contributed by atoms with E-state index in [4.69, 9.17) is 15.9 Å². The highest BCUT2D eigenvalue weighted by Gasteiger charge is 2.05. The molecule has 7 nitrogen and oxygen atoms in total. The maximum atomic E-state index is 9.55. The van der Waals surface area contributed by atoms with E-state index in [9.17, 15) is 9.59 Å². The predicted molar refractivity (Wildman–Crippen MR) is 89.6 cm³/mol. The van der Waals surface area contributed by atoms with Crippen molar-refractivity contribution in [2.45, 2.75) is 24.4 Å². The second-order valence-corrected chi connectivity index (χ2v) is 5.62. The second kappa shape index (κ2) is 8.96. The molecule has 1 heterocycles. The number of nitrogens with two attached hydrogens (primary N) is 1. The summed E-state index contributed by atoms with van der Waals surface area (Å²) in [5.74, 6) is -2.51. The monoisotopic (exact) mass is 337 g/mol. The van der Waals surface area contributed by atoms with Crippen LogP contribution in [0.15, 0.2) is 41.4 Å². The first kappa shape index (κ1) is 18.7. The van der Waals surface area contributed by atoms with Crippen molar-refractivity contribution in [1.82, 2.24) is 9.78 Å². The van der Waals surface area contributed by atoms with Crippen LogP contribution in [0, 0.1) is 0 Å². The van der Waals surface area contributed by atoms with Gasteiger partial charge in [-0.1, -0.05) is 6.07 Å². The molecular weight excluding hydrogens is 318 g/mol. The molecule has 2 aromatic rings. The van der Waals surface area contributed by atoms with Crippen molar-refractivity contribution in [2.24, 2.45) is 5.73 Å². The van der Waals surface area contributed by atoms with Crippen LogP contribution in [0.5, 0.6) is 0 Å². The number of carbonyl (C=O) groups is 2. The summed E-state index contributed by atoms with van der Waals surface area (Å²) in [5.41, 5.74) is 6.95. The maximum absolute atomic E-state index is 9.55. The number of carboxylic acid groups (broad SMARTS) is 2. The number of rotatable bonds is 5. The first-order chi connectivity index (χ1) is 10.8. The molecule has 1 aromatic heterocycles. The van der Waals surface area contributed by atoms with Gasteiger partial charge < -0.3 is 15.9 Å². The minimum absolute atomic E-state index is 0.131. The topological polar surface area (TPSA) is 118 Å². The number of thioether (sulfide) groups is 1. The van der Waals surface area contributed by atoms with E-state index in [-0.39, 0.29) is 6.04 Å². The molecule has 1 atom stereocenters. The normalized spacial score (nSPS) is 12.0. The third kappa shape index (κ3) is 6.54. The summed E-state index contributed by atoms with van der Waals surface area (Å²) in [4.78, 5) is 20.4. The number of hydrogen-bond donors (Lipinski definition) is 3. The lowest BCUT2D eigenvalue weighted by Gasteiger charge is -2.07. The molecule has 0 radical (unpaired) electrons. The average molecular weight is 337 g/mol. The molecule has 8 heteroatoms. The molecule has 124 valence electrons. The molecule has 0 saturated carbocycles. The van der Waals surface area contributed by atoms with Crippen LogP contribution >= 0.6 is 11.8 Å². The molecule has 1 unspecified atom stereocenters. The summed E-state index contributed by atoms with van der Waals surface area (Å²) in [5, 5.41) is 21.1. The van der Waals surface area contributed by atoms with Crippen LogP contribution in [0.25, 0.3) is 10.9 Å². The summed E-state index contributed by atoms with van der Waals surface area (Å²) in [7, 11) is 0. The van der Waals surface area contributed by atoms with Gasteiger partial charge in [0.1, 0.15) is 0 Å². The minimum atomic E-state index is -1.26. The van der Waals surface area contributed by atoms with Crippen molar-refractivity contribution in [2.75, 3.05) is 6.26 Å². The standard InChI is InChI=1S/C11H15N3S.C4H4O4/c1-8(12)7-14-11-5-10(15-2)4-3-9(11)6-13-14;5-3(6)1-2-4(7)8/h3-6,8H,7,12H2,1-2H3;1-2H,(H,5,6)(H,7,8). The van der Waals surface area contributed by atoms with E-state index in [0.29, 0.717) is 12.2 Å². The zero-order valence-corrected chi connectivity index (χ0v) is 13.7. The predicted octanol–water partition coefficient (Wildman–Crippen LogP) is 1.82. The van der Waals surface area contributed by atoms with Gasteiger partial charge in [-0.3, -0.25) is 4.68 Å². The SMILES string of the molecule is CSc1ccc2cnn(CC(C)N)c2c1.O=C(O)C=CC(=O)O. The molecule has 0 bridgehead atoms. The first-order valence-electron chi connectivity index (χ1n) is 6.72. The molecule has 23 heavy (non-hydrogen) atoms. The van der Waals surface area contributed by atoms with Crippen LogP contribution in [0.2, 0.25) is 0 Å². The molecule has 0 aliphatic rings. The molecule has 1 aromatic carbocycles. The van der Waals surface area contributed by atoms with E-state index in [0.717, 1.165) is 6.54 Å². The second-order valence-electron chi connectivity index (χ2n) is 4.74. The molecule has 0 fully saturated rings. The average Bonchev–Trinajstić information content (AvgIpc) is 2.87. The van der Waals surface area contributed by atoms with Gasteiger partial charge in [-0.2, -0.15) is 5.10 Å². The highest BCUT2D eigenvalue weighted by molar-refractivity contribution is 7.98. The lowest BCUT2D eigenvalue weighted by molar-refractivity contribution is -0.134. The lowest BCUT2D eigenvalue weighted by Crippen LogP contribution is -2.22. The fraction of sp³-hybridized carbons (Fsp3) is 0.267. The smallest absolute Gasteiger partial charge is 0.328 e. The number of hydrogen-bond acceptors (Lipinski definition) is 5. The minimum Gasteiger partial charge on any atom is -0.478 e. The van der Waals surface area contributed by atoms with Crippen molar-refractivity contribution < 1.29 is 19.8 Å². The van der Waals surface area contributed by atoms with Crippen LogP contribution in [0.4, 0.5) is 0 Å². The van der Waals surface area contributed by atoms with Crippen LogP contribution in [0.1, 0.15) is 6.92 Å². The number of fused-ring (bicyclic) bond motifs is 1. The fourth-order valence-corrected chi connectivity index (χ4v) is 2.17. The number of carboxylic acids is 2. The van der Waals surface area contributed by atoms with Gasteiger partial charge >= 0.3 is 11.9 Å². The van der Waals surface area contributed by atoms with E-state index in [1.807, 2.05) is 17.8 Å². The Hall–Kier alpha value is -2.32. The fourth-order valence-electron chi connectivity index (χ4n) is 1.74. The molecular formula is C15H19N3O4S. The van der Waals surface area contributed by atoms with E-state index in [2.05, 4.69) is 29.6 Å². The molecule has 0 saturated heterocycles. The third-order valence-corrected chi connectivity index (χ3v) is 3.41. The Morgan fingerprint density at radius 2 is 1.96 bits per heavy atom. The summed E-state index contributed by atoms with van der Waals surface area (Å²) in [6, 6.07) is 6.51. The van der Waals surface area contributed by atoms with Gasteiger partial charge in [0, 0.05) is 28.5 Å². The summed E-state index contributed by atoms with van der Waals surface area (Å²) in [6.45, 7) is 2.76. The van der Waals surface area contributed by atoms with Crippen LogP contribution < -0.4 is 5.73 Å². The maximum Gasteiger partial charge on any atom is 0.328 e. The molecule has 2 rings (SSSR count). The number of aromatic nitrogens is 2. The van der Waals surface area contributed by atoms with Crippen LogP contribution in [0.3, 0.4) is 0 Å². The van der Waals surface area contributed by atoms with Gasteiger partial charge in [-0.25, -0.2) is 9.59 Å². The van der Waals surface area contributed by atoms with Crippen molar-refractivity contribution in [1.29, 1.82) is 0 Å². The Kier molecular flexibility index (Phi) is 7.30. The van der Waals surface area contributed by atoms with Gasteiger partial charge in [0.25, 0.3) is 0 Å². The Balaban J connectivity index is 0.000000284. The van der Waals surface area contributed by atoms with Gasteiger partial charge in [-0.15, -0.1) is 11.8 Å². The summed E-state index contributed by atoms with van der Waals surface area (Å²) in [6.07, 6.45) is 5.08. The number of benzene rings is 1. The summed E-state index contributed by atoms with van der Waals surface area (Å²) >= 11 is 1.74. The van der Waals surface area contributed by atoms with Crippen molar-refractivity contribution >= 4 is 34.6 Å². The lowest BCUT2D eigenvalue weighted by atomic mass is 10.2. The van der Waals surface area contributed by atoms with Gasteiger partial charge in [0.15, 0.2) is 0 Å². The largest absolute Gasteiger partial charge is 0.478 e. The molecule has 0 aliphatic heterocycles. The first-order valence-corrected chi connectivity index (χ1v) is 7.95. The van der Waals surface area contributed by atoms with Crippen molar-refractivity contribution in [3.63, 3.8) is 0 Å². The highest BCUT2D eigenvalue weighted by Crippen LogP contribution is 2.21. The quantitative estimate of drug-likeness (QED) is 0.562. The van der Waals surface area contributed by atoms with Crippen LogP contribution in [-0.2, 0) is 16.1 Å². The Labute approximate surface area is 137 Å². The van der Waals surface area contributed by atoms with E-state index < -0.39 is 11.9 Å². The molecule has 0 aliphatic carbocycles. The van der Waals surface area contributed by atoms with Crippen molar-refractivity contribution in [3.8, 4) is 0 Å². The number of aliphatic carboxylic acids is 2. The Morgan fingerprint density at radius 1 is 1.35 bits per heavy atom. The van der Waals surface area contributed by atoms with Crippen LogP contribution in [-0.4, -0.2) is 44.2 Å². The molecule has 0 amide bonds. The third-order valence-electron chi connectivity index (χ3n) is 2.68. The number of nitrogens with zero attached hydrogens (tertiary/aromatic N) is 2. The zero-order chi connectivity index (χ0) is 17.4. The molecule has 4 N–H and O–H groups in total. The Morgan fingerprint density at radius 3 is 2.43 bits per heavy atom. The summed E-state index contributed by atoms with van der Waals surface area (Å²) < 4.78 is 1.97. The highest BCUT2D eigenvalue weighted by atomic mass is 32.2. The van der Waals surface area contributed by atoms with E-state index >= 15 is 0 Å². The van der Waals surface area contributed by atoms with Gasteiger partial charge in [0.05, 0.1) is 18.3 Å². The van der Waals surface area contributed by atoms with E-state index in [1.165, 1.54) is 15.8 Å². The molecule has 0 spiro atoms. The van der Waals surface area contributed by atoms with Gasteiger partial charge in [0.2, 0.25) is 0 Å². The Bertz CT molecular complexity index is 694.